The predicted octanol–water partition coefficient (Wildman–Crippen LogP) is 3.05. The molecule has 8 nitrogen and oxygen atoms in total. The highest BCUT2D eigenvalue weighted by molar-refractivity contribution is 5.95. The maximum atomic E-state index is 12.7. The van der Waals surface area contributed by atoms with E-state index in [0.717, 1.165) is 22.3 Å². The molecule has 3 N–H and O–H groups in total. The first-order valence-electron chi connectivity index (χ1n) is 11.1. The van der Waals surface area contributed by atoms with E-state index in [1.54, 1.807) is 0 Å². The molecule has 1 atom stereocenters. The molecule has 0 aliphatic heterocycles. The van der Waals surface area contributed by atoms with Crippen LogP contribution in [0.2, 0.25) is 0 Å². The number of alkyl carbamates (subject to hydrolysis) is 1. The summed E-state index contributed by atoms with van der Waals surface area (Å²) in [6.07, 6.45) is 0.938. The summed E-state index contributed by atoms with van der Waals surface area (Å²) in [5, 5.41) is 14.6. The molecule has 1 fully saturated rings. The van der Waals surface area contributed by atoms with Gasteiger partial charge in [0.25, 0.3) is 0 Å². The van der Waals surface area contributed by atoms with Crippen molar-refractivity contribution in [1.29, 1.82) is 0 Å². The number of hydrogen-bond acceptors (Lipinski definition) is 5. The number of carboxylic acids is 1. The number of aliphatic carboxylic acids is 1. The lowest BCUT2D eigenvalue weighted by Gasteiger charge is -2.21. The van der Waals surface area contributed by atoms with Crippen molar-refractivity contribution >= 4 is 18.0 Å². The van der Waals surface area contributed by atoms with Crippen LogP contribution in [-0.4, -0.2) is 55.0 Å². The monoisotopic (exact) mass is 452 g/mol. The highest BCUT2D eigenvalue weighted by Crippen LogP contribution is 2.44. The molecule has 0 radical (unpaired) electrons. The molecule has 2 amide bonds. The Morgan fingerprint density at radius 1 is 1.06 bits per heavy atom. The maximum absolute atomic E-state index is 12.7. The maximum Gasteiger partial charge on any atom is 0.408 e. The Labute approximate surface area is 192 Å². The van der Waals surface area contributed by atoms with Crippen LogP contribution >= 0.6 is 0 Å². The second-order valence-corrected chi connectivity index (χ2v) is 8.53. The molecule has 2 aliphatic rings. The van der Waals surface area contributed by atoms with E-state index >= 15 is 0 Å². The summed E-state index contributed by atoms with van der Waals surface area (Å²) in [5.74, 6) is -1.69. The first kappa shape index (κ1) is 22.8. The summed E-state index contributed by atoms with van der Waals surface area (Å²) in [4.78, 5) is 36.8. The van der Waals surface area contributed by atoms with E-state index in [1.165, 1.54) is 7.11 Å². The number of carboxylic acid groups (broad SMARTS) is 1. The van der Waals surface area contributed by atoms with Gasteiger partial charge < -0.3 is 25.2 Å². The van der Waals surface area contributed by atoms with E-state index in [1.807, 2.05) is 36.4 Å². The molecule has 0 aromatic heterocycles. The zero-order valence-corrected chi connectivity index (χ0v) is 18.5. The van der Waals surface area contributed by atoms with Gasteiger partial charge in [0.05, 0.1) is 0 Å². The van der Waals surface area contributed by atoms with Gasteiger partial charge in [0.2, 0.25) is 5.91 Å². The van der Waals surface area contributed by atoms with Crippen LogP contribution < -0.4 is 10.6 Å². The molecule has 33 heavy (non-hydrogen) atoms. The number of carbonyl (C=O) groups excluding carboxylic acids is 2. The van der Waals surface area contributed by atoms with Crippen molar-refractivity contribution in [3.05, 3.63) is 59.7 Å². The first-order valence-corrected chi connectivity index (χ1v) is 11.1. The first-order chi connectivity index (χ1) is 15.9. The number of amides is 2. The minimum absolute atomic E-state index is 0.0793. The molecule has 0 saturated heterocycles. The van der Waals surface area contributed by atoms with Crippen molar-refractivity contribution in [2.75, 3.05) is 20.3 Å². The smallest absolute Gasteiger partial charge is 0.408 e. The highest BCUT2D eigenvalue weighted by atomic mass is 16.5. The molecule has 1 saturated carbocycles. The zero-order chi connectivity index (χ0) is 23.4. The van der Waals surface area contributed by atoms with Gasteiger partial charge in [0, 0.05) is 19.6 Å². The number of benzene rings is 2. The Hall–Kier alpha value is -3.39. The normalized spacial score (nSPS) is 16.3. The van der Waals surface area contributed by atoms with Crippen molar-refractivity contribution in [3.63, 3.8) is 0 Å². The number of carbonyl (C=O) groups is 3. The number of fused-ring (bicyclic) bond motifs is 3. The Morgan fingerprint density at radius 2 is 1.67 bits per heavy atom. The quantitative estimate of drug-likeness (QED) is 0.478. The average Bonchev–Trinajstić information content (AvgIpc) is 3.52. The summed E-state index contributed by atoms with van der Waals surface area (Å²) in [5.41, 5.74) is 3.36. The van der Waals surface area contributed by atoms with Crippen molar-refractivity contribution in [3.8, 4) is 11.1 Å². The summed E-state index contributed by atoms with van der Waals surface area (Å²) >= 11 is 0. The van der Waals surface area contributed by atoms with Crippen LogP contribution in [0.4, 0.5) is 4.79 Å². The van der Waals surface area contributed by atoms with Gasteiger partial charge in [-0.15, -0.1) is 0 Å². The fraction of sp³-hybridized carbons (Fsp3) is 0.400. The third-order valence-electron chi connectivity index (χ3n) is 6.31. The Bertz CT molecular complexity index is 1000. The number of nitrogens with one attached hydrogen (secondary N) is 2. The second-order valence-electron chi connectivity index (χ2n) is 8.53. The molecule has 2 aromatic rings. The predicted molar refractivity (Wildman–Crippen MR) is 121 cm³/mol. The highest BCUT2D eigenvalue weighted by Gasteiger charge is 2.52. The standard InChI is InChI=1S/C25H28N2O6/c1-32-14-6-11-21(22(28)29)26-23(30)25(12-13-25)27-24(31)33-15-20-18-9-4-2-7-16(18)17-8-3-5-10-19(17)20/h2-5,7-10,20-21H,6,11-15H2,1H3,(H,26,30)(H,27,31)(H,28,29). The lowest BCUT2D eigenvalue weighted by molar-refractivity contribution is -0.142. The minimum Gasteiger partial charge on any atom is -0.480 e. The third-order valence-corrected chi connectivity index (χ3v) is 6.31. The molecule has 2 aromatic carbocycles. The van der Waals surface area contributed by atoms with Crippen LogP contribution in [-0.2, 0) is 19.1 Å². The van der Waals surface area contributed by atoms with Gasteiger partial charge in [0.1, 0.15) is 18.2 Å². The van der Waals surface area contributed by atoms with Gasteiger partial charge in [-0.3, -0.25) is 4.79 Å². The molecule has 0 spiro atoms. The Kier molecular flexibility index (Phi) is 6.65. The summed E-state index contributed by atoms with van der Waals surface area (Å²) < 4.78 is 10.5. The van der Waals surface area contributed by atoms with Gasteiger partial charge >= 0.3 is 12.1 Å². The number of rotatable bonds is 10. The van der Waals surface area contributed by atoms with E-state index in [4.69, 9.17) is 9.47 Å². The molecular weight excluding hydrogens is 424 g/mol. The van der Waals surface area contributed by atoms with Crippen LogP contribution in [0.5, 0.6) is 0 Å². The van der Waals surface area contributed by atoms with Gasteiger partial charge in [-0.1, -0.05) is 48.5 Å². The van der Waals surface area contributed by atoms with Crippen LogP contribution in [0.15, 0.2) is 48.5 Å². The molecule has 0 bridgehead atoms. The third kappa shape index (κ3) is 4.85. The second kappa shape index (κ2) is 9.62. The SMILES string of the molecule is COCCCC(NC(=O)C1(NC(=O)OCC2c3ccccc3-c3ccccc32)CC1)C(=O)O. The fourth-order valence-electron chi connectivity index (χ4n) is 4.35. The van der Waals surface area contributed by atoms with E-state index in [9.17, 15) is 19.5 Å². The summed E-state index contributed by atoms with van der Waals surface area (Å²) in [6, 6.07) is 15.1. The van der Waals surface area contributed by atoms with Crippen LogP contribution in [0.1, 0.15) is 42.7 Å². The molecule has 1 unspecified atom stereocenters. The van der Waals surface area contributed by atoms with E-state index < -0.39 is 29.6 Å². The van der Waals surface area contributed by atoms with Gasteiger partial charge in [-0.25, -0.2) is 9.59 Å². The van der Waals surface area contributed by atoms with E-state index in [2.05, 4.69) is 22.8 Å². The zero-order valence-electron chi connectivity index (χ0n) is 18.5. The molecule has 8 heteroatoms. The Balaban J connectivity index is 1.35. The lowest BCUT2D eigenvalue weighted by Crippen LogP contribution is -2.53. The van der Waals surface area contributed by atoms with Crippen molar-refractivity contribution in [2.24, 2.45) is 0 Å². The number of methoxy groups -OCH3 is 1. The summed E-state index contributed by atoms with van der Waals surface area (Å²) in [6.45, 7) is 0.551. The molecule has 0 heterocycles. The number of ether oxygens (including phenoxy) is 2. The fourth-order valence-corrected chi connectivity index (χ4v) is 4.35. The average molecular weight is 453 g/mol. The largest absolute Gasteiger partial charge is 0.480 e. The topological polar surface area (TPSA) is 114 Å². The van der Waals surface area contributed by atoms with Gasteiger partial charge in [-0.05, 0) is 47.9 Å². The van der Waals surface area contributed by atoms with E-state index in [0.29, 0.717) is 25.9 Å². The van der Waals surface area contributed by atoms with Crippen molar-refractivity contribution < 1.29 is 29.0 Å². The summed E-state index contributed by atoms with van der Waals surface area (Å²) in [7, 11) is 1.53. The van der Waals surface area contributed by atoms with Crippen LogP contribution in [0, 0.1) is 0 Å². The minimum atomic E-state index is -1.11. The number of hydrogen-bond donors (Lipinski definition) is 3. The molecule has 174 valence electrons. The van der Waals surface area contributed by atoms with Gasteiger partial charge in [-0.2, -0.15) is 0 Å². The van der Waals surface area contributed by atoms with Crippen molar-refractivity contribution in [1.82, 2.24) is 10.6 Å². The van der Waals surface area contributed by atoms with Crippen LogP contribution in [0.25, 0.3) is 11.1 Å². The molecule has 2 aliphatic carbocycles. The molecular formula is C25H28N2O6. The van der Waals surface area contributed by atoms with E-state index in [-0.39, 0.29) is 18.9 Å². The van der Waals surface area contributed by atoms with Crippen molar-refractivity contribution in [2.45, 2.75) is 43.2 Å². The molecule has 4 rings (SSSR count). The van der Waals surface area contributed by atoms with Gasteiger partial charge in [0.15, 0.2) is 0 Å². The Morgan fingerprint density at radius 3 is 2.21 bits per heavy atom. The van der Waals surface area contributed by atoms with Crippen LogP contribution in [0.3, 0.4) is 0 Å². The lowest BCUT2D eigenvalue weighted by atomic mass is 9.98.